The van der Waals surface area contributed by atoms with E-state index < -0.39 is 26.7 Å². The molecule has 0 aromatic carbocycles. The lowest BCUT2D eigenvalue weighted by atomic mass is 9.81. The van der Waals surface area contributed by atoms with Crippen LogP contribution in [0.1, 0.15) is 18.4 Å². The maximum absolute atomic E-state index is 13.7. The maximum Gasteiger partial charge on any atom is 0.397 e. The second kappa shape index (κ2) is 5.34. The molecular weight excluding hydrogens is 331 g/mol. The Labute approximate surface area is 132 Å². The van der Waals surface area contributed by atoms with Crippen LogP contribution in [0.3, 0.4) is 0 Å². The highest BCUT2D eigenvalue weighted by molar-refractivity contribution is 7.92. The number of alkyl halides is 3. The van der Waals surface area contributed by atoms with E-state index in [0.29, 0.717) is 11.4 Å². The van der Waals surface area contributed by atoms with Gasteiger partial charge < -0.3 is 5.73 Å². The fraction of sp³-hybridized carbons (Fsp3) is 0.643. The molecule has 2 saturated heterocycles. The Morgan fingerprint density at radius 3 is 2.70 bits per heavy atom. The second-order valence-corrected chi connectivity index (χ2v) is 8.68. The predicted molar refractivity (Wildman–Crippen MR) is 79.2 cm³/mol. The van der Waals surface area contributed by atoms with E-state index in [1.807, 2.05) is 0 Å². The zero-order valence-corrected chi connectivity index (χ0v) is 13.2. The van der Waals surface area contributed by atoms with E-state index in [1.165, 1.54) is 6.20 Å². The summed E-state index contributed by atoms with van der Waals surface area (Å²) in [4.78, 5) is 5.48. The summed E-state index contributed by atoms with van der Waals surface area (Å²) in [5.74, 6) is 0.172. The zero-order valence-electron chi connectivity index (χ0n) is 12.4. The number of nitrogens with zero attached hydrogens (tertiary/aromatic N) is 2. The summed E-state index contributed by atoms with van der Waals surface area (Å²) in [5.41, 5.74) is 4.06. The largest absolute Gasteiger partial charge is 0.397 e. The van der Waals surface area contributed by atoms with Crippen molar-refractivity contribution in [2.24, 2.45) is 5.41 Å². The van der Waals surface area contributed by atoms with E-state index >= 15 is 0 Å². The van der Waals surface area contributed by atoms with E-state index in [2.05, 4.69) is 4.98 Å². The average Bonchev–Trinajstić information content (AvgIpc) is 2.82. The summed E-state index contributed by atoms with van der Waals surface area (Å²) in [5, 5.41) is -1.37. The van der Waals surface area contributed by atoms with Gasteiger partial charge in [-0.25, -0.2) is 13.4 Å². The molecule has 9 heteroatoms. The minimum atomic E-state index is -4.53. The van der Waals surface area contributed by atoms with Crippen molar-refractivity contribution in [1.29, 1.82) is 0 Å². The summed E-state index contributed by atoms with van der Waals surface area (Å²) in [6, 6.07) is 3.27. The van der Waals surface area contributed by atoms with Gasteiger partial charge in [-0.2, -0.15) is 13.2 Å². The number of rotatable bonds is 2. The highest BCUT2D eigenvalue weighted by atomic mass is 32.2. The second-order valence-electron chi connectivity index (χ2n) is 6.37. The minimum Gasteiger partial charge on any atom is -0.384 e. The van der Waals surface area contributed by atoms with Crippen LogP contribution < -0.4 is 5.73 Å². The lowest BCUT2D eigenvalue weighted by molar-refractivity contribution is -0.221. The van der Waals surface area contributed by atoms with Crippen LogP contribution in [0.2, 0.25) is 0 Å². The van der Waals surface area contributed by atoms with Gasteiger partial charge in [0.1, 0.15) is 5.82 Å². The van der Waals surface area contributed by atoms with E-state index in [0.717, 1.165) is 0 Å². The van der Waals surface area contributed by atoms with Gasteiger partial charge in [0.2, 0.25) is 0 Å². The van der Waals surface area contributed by atoms with E-state index in [9.17, 15) is 21.6 Å². The summed E-state index contributed by atoms with van der Waals surface area (Å²) in [6.45, 7) is -0.145. The number of fused-ring (bicyclic) bond motifs is 1. The Morgan fingerprint density at radius 1 is 1.39 bits per heavy atom. The number of sulfone groups is 1. The van der Waals surface area contributed by atoms with Gasteiger partial charge in [0.15, 0.2) is 9.84 Å². The van der Waals surface area contributed by atoms with E-state index in [4.69, 9.17) is 5.73 Å². The molecule has 2 fully saturated rings. The molecule has 0 spiro atoms. The molecule has 0 aliphatic carbocycles. The van der Waals surface area contributed by atoms with Crippen molar-refractivity contribution < 1.29 is 21.6 Å². The van der Waals surface area contributed by atoms with Gasteiger partial charge in [0.05, 0.1) is 16.4 Å². The molecule has 1 aromatic rings. The fourth-order valence-electron chi connectivity index (χ4n) is 3.73. The zero-order chi connectivity index (χ0) is 16.9. The Bertz CT molecular complexity index is 690. The molecule has 0 unspecified atom stereocenters. The van der Waals surface area contributed by atoms with Crippen LogP contribution in [0.25, 0.3) is 0 Å². The molecule has 2 aliphatic rings. The van der Waals surface area contributed by atoms with Crippen LogP contribution in [-0.2, 0) is 16.4 Å². The van der Waals surface area contributed by atoms with Gasteiger partial charge in [0.25, 0.3) is 0 Å². The molecule has 3 rings (SSSR count). The first-order valence-electron chi connectivity index (χ1n) is 7.35. The van der Waals surface area contributed by atoms with Crippen molar-refractivity contribution in [2.45, 2.75) is 30.8 Å². The number of likely N-dealkylation sites (tertiary alicyclic amines) is 1. The van der Waals surface area contributed by atoms with E-state index in [1.54, 1.807) is 17.0 Å². The monoisotopic (exact) mass is 349 g/mol. The third kappa shape index (κ3) is 2.80. The maximum atomic E-state index is 13.7. The van der Waals surface area contributed by atoms with Gasteiger partial charge in [-0.3, -0.25) is 4.90 Å². The fourth-order valence-corrected chi connectivity index (χ4v) is 6.01. The number of pyridine rings is 1. The lowest BCUT2D eigenvalue weighted by Gasteiger charge is -2.39. The molecule has 2 atom stereocenters. The quantitative estimate of drug-likeness (QED) is 0.878. The van der Waals surface area contributed by atoms with Gasteiger partial charge in [-0.05, 0) is 24.5 Å². The first kappa shape index (κ1) is 16.5. The van der Waals surface area contributed by atoms with Crippen molar-refractivity contribution in [2.75, 3.05) is 24.6 Å². The lowest BCUT2D eigenvalue weighted by Crippen LogP contribution is -2.53. The Balaban J connectivity index is 1.88. The van der Waals surface area contributed by atoms with Crippen molar-refractivity contribution >= 4 is 15.7 Å². The SMILES string of the molecule is Nc1ccc(CN2C[C@@H]3[C@@](C(F)(F)F)(CCCS3(=O)=O)C2)cn1. The van der Waals surface area contributed by atoms with Crippen molar-refractivity contribution in [3.05, 3.63) is 23.9 Å². The molecule has 23 heavy (non-hydrogen) atoms. The summed E-state index contributed by atoms with van der Waals surface area (Å²) in [6.07, 6.45) is -3.09. The molecule has 0 saturated carbocycles. The van der Waals surface area contributed by atoms with Crippen molar-refractivity contribution in [3.63, 3.8) is 0 Å². The molecule has 0 radical (unpaired) electrons. The van der Waals surface area contributed by atoms with Gasteiger partial charge in [-0.1, -0.05) is 6.07 Å². The number of anilines is 1. The minimum absolute atomic E-state index is 0.0651. The molecule has 2 aliphatic heterocycles. The molecule has 5 nitrogen and oxygen atoms in total. The van der Waals surface area contributed by atoms with Crippen molar-refractivity contribution in [3.8, 4) is 0 Å². The van der Waals surface area contributed by atoms with Crippen LogP contribution in [0.5, 0.6) is 0 Å². The Hall–Kier alpha value is -1.35. The van der Waals surface area contributed by atoms with Crippen LogP contribution in [0.4, 0.5) is 19.0 Å². The molecule has 1 aromatic heterocycles. The van der Waals surface area contributed by atoms with E-state index in [-0.39, 0.29) is 38.2 Å². The Morgan fingerprint density at radius 2 is 2.13 bits per heavy atom. The van der Waals surface area contributed by atoms with Gasteiger partial charge in [0, 0.05) is 25.8 Å². The summed E-state index contributed by atoms with van der Waals surface area (Å²) in [7, 11) is -3.73. The van der Waals surface area contributed by atoms with Gasteiger partial charge in [-0.15, -0.1) is 0 Å². The molecule has 128 valence electrons. The average molecular weight is 349 g/mol. The number of aromatic nitrogens is 1. The predicted octanol–water partition coefficient (Wildman–Crippen LogP) is 1.61. The van der Waals surface area contributed by atoms with Crippen LogP contribution in [0.15, 0.2) is 18.3 Å². The first-order valence-corrected chi connectivity index (χ1v) is 9.07. The number of hydrogen-bond acceptors (Lipinski definition) is 5. The first-order chi connectivity index (χ1) is 10.6. The highest BCUT2D eigenvalue weighted by Gasteiger charge is 2.67. The summed E-state index contributed by atoms with van der Waals surface area (Å²) >= 11 is 0. The smallest absolute Gasteiger partial charge is 0.384 e. The van der Waals surface area contributed by atoms with Crippen LogP contribution >= 0.6 is 0 Å². The van der Waals surface area contributed by atoms with Crippen LogP contribution in [-0.4, -0.2) is 48.6 Å². The highest BCUT2D eigenvalue weighted by Crippen LogP contribution is 2.53. The molecule has 2 N–H and O–H groups in total. The third-order valence-electron chi connectivity index (χ3n) is 4.85. The number of halogens is 3. The molecule has 0 bridgehead atoms. The molecular formula is C14H18F3N3O2S. The standard InChI is InChI=1S/C14H18F3N3O2S/c15-14(16,17)13-4-1-5-23(21,22)11(13)8-20(9-13)7-10-2-3-12(18)19-6-10/h2-3,6,11H,1,4-5,7-9H2,(H2,18,19)/t11-,13-/m1/s1. The summed E-state index contributed by atoms with van der Waals surface area (Å²) < 4.78 is 65.4. The number of nitrogens with two attached hydrogens (primary N) is 1. The third-order valence-corrected chi connectivity index (χ3v) is 7.17. The normalized spacial score (nSPS) is 31.0. The van der Waals surface area contributed by atoms with Crippen molar-refractivity contribution in [1.82, 2.24) is 9.88 Å². The topological polar surface area (TPSA) is 76.3 Å². The number of hydrogen-bond donors (Lipinski definition) is 1. The van der Waals surface area contributed by atoms with Crippen LogP contribution in [0, 0.1) is 5.41 Å². The number of nitrogen functional groups attached to an aromatic ring is 1. The van der Waals surface area contributed by atoms with Gasteiger partial charge >= 0.3 is 6.18 Å². The molecule has 3 heterocycles. The Kier molecular flexibility index (Phi) is 3.83. The molecule has 0 amide bonds.